The van der Waals surface area contributed by atoms with Gasteiger partial charge in [-0.3, -0.25) is 4.79 Å². The third-order valence-electron chi connectivity index (χ3n) is 2.78. The Balaban J connectivity index is 2.00. The molecule has 5 nitrogen and oxygen atoms in total. The van der Waals surface area contributed by atoms with Crippen LogP contribution in [0, 0.1) is 0 Å². The fourth-order valence-electron chi connectivity index (χ4n) is 1.63. The van der Waals surface area contributed by atoms with E-state index in [2.05, 4.69) is 10.3 Å². The molecule has 0 radical (unpaired) electrons. The van der Waals surface area contributed by atoms with Crippen LogP contribution in [0.25, 0.3) is 0 Å². The van der Waals surface area contributed by atoms with Crippen LogP contribution < -0.4 is 5.32 Å². The number of nitrogens with zero attached hydrogens (tertiary/aromatic N) is 1. The number of carbonyl (C=O) groups excluding carboxylic acids is 2. The highest BCUT2D eigenvalue weighted by Gasteiger charge is 2.20. The number of halogens is 3. The molecule has 1 aromatic heterocycles. The van der Waals surface area contributed by atoms with Gasteiger partial charge in [-0.25, -0.2) is 9.78 Å². The normalized spacial score (nSPS) is 11.7. The van der Waals surface area contributed by atoms with Crippen molar-refractivity contribution in [1.82, 2.24) is 4.98 Å². The molecule has 8 heteroatoms. The minimum atomic E-state index is -1.02. The summed E-state index contributed by atoms with van der Waals surface area (Å²) in [4.78, 5) is 27.7. The van der Waals surface area contributed by atoms with Gasteiger partial charge in [0, 0.05) is 16.9 Å². The highest BCUT2D eigenvalue weighted by atomic mass is 35.5. The predicted octanol–water partition coefficient (Wildman–Crippen LogP) is 4.23. The first-order valence-corrected chi connectivity index (χ1v) is 7.58. The molecule has 1 amide bonds. The lowest BCUT2D eigenvalue weighted by Gasteiger charge is -2.13. The van der Waals surface area contributed by atoms with Gasteiger partial charge in [-0.1, -0.05) is 40.9 Å². The van der Waals surface area contributed by atoms with Crippen molar-refractivity contribution in [2.75, 3.05) is 5.32 Å². The van der Waals surface area contributed by atoms with Crippen LogP contribution in [0.15, 0.2) is 36.5 Å². The van der Waals surface area contributed by atoms with E-state index in [0.717, 1.165) is 0 Å². The van der Waals surface area contributed by atoms with Crippen molar-refractivity contribution in [3.8, 4) is 0 Å². The summed E-state index contributed by atoms with van der Waals surface area (Å²) in [7, 11) is 0. The summed E-state index contributed by atoms with van der Waals surface area (Å²) in [6, 6.07) is 7.94. The molecule has 2 aromatic rings. The maximum absolute atomic E-state index is 12.0. The largest absolute Gasteiger partial charge is 0.449 e. The fraction of sp³-hybridized carbons (Fsp3) is 0.133. The predicted molar refractivity (Wildman–Crippen MR) is 89.2 cm³/mol. The summed E-state index contributed by atoms with van der Waals surface area (Å²) in [5, 5.41) is 3.28. The van der Waals surface area contributed by atoms with E-state index < -0.39 is 18.0 Å². The summed E-state index contributed by atoms with van der Waals surface area (Å²) in [6.45, 7) is 1.45. The van der Waals surface area contributed by atoms with Gasteiger partial charge in [0.25, 0.3) is 5.91 Å². The Morgan fingerprint density at radius 1 is 1.22 bits per heavy atom. The summed E-state index contributed by atoms with van der Waals surface area (Å²) in [5.74, 6) is -1.22. The molecular weight excluding hydrogens is 363 g/mol. The first-order chi connectivity index (χ1) is 10.9. The van der Waals surface area contributed by atoms with Crippen LogP contribution in [0.2, 0.25) is 15.2 Å². The van der Waals surface area contributed by atoms with Crippen LogP contribution in [0.4, 0.5) is 5.69 Å². The number of esters is 1. The zero-order valence-electron chi connectivity index (χ0n) is 11.8. The summed E-state index contributed by atoms with van der Waals surface area (Å²) >= 11 is 17.3. The van der Waals surface area contributed by atoms with E-state index in [1.807, 2.05) is 0 Å². The smallest absolute Gasteiger partial charge is 0.340 e. The van der Waals surface area contributed by atoms with Gasteiger partial charge in [0.2, 0.25) is 0 Å². The van der Waals surface area contributed by atoms with E-state index in [1.54, 1.807) is 24.3 Å². The minimum absolute atomic E-state index is 0.0787. The lowest BCUT2D eigenvalue weighted by Crippen LogP contribution is -2.30. The number of ether oxygens (including phenoxy) is 1. The maximum Gasteiger partial charge on any atom is 0.340 e. The number of amides is 1. The second-order valence-electron chi connectivity index (χ2n) is 4.54. The van der Waals surface area contributed by atoms with Crippen molar-refractivity contribution in [3.05, 3.63) is 57.3 Å². The van der Waals surface area contributed by atoms with Gasteiger partial charge >= 0.3 is 5.97 Å². The standard InChI is InChI=1S/C15H11Cl3N2O3/c1-8(14(21)20-11-4-2-3-10(16)6-11)23-15(22)9-5-12(17)13(18)19-7-9/h2-8H,1H3,(H,20,21)/t8-/m0/s1. The number of pyridine rings is 1. The number of nitrogens with one attached hydrogen (secondary N) is 1. The summed E-state index contributed by atoms with van der Waals surface area (Å²) in [5.41, 5.74) is 0.600. The average molecular weight is 374 g/mol. The zero-order valence-corrected chi connectivity index (χ0v) is 14.1. The molecule has 0 spiro atoms. The highest BCUT2D eigenvalue weighted by molar-refractivity contribution is 6.41. The van der Waals surface area contributed by atoms with Gasteiger partial charge in [0.05, 0.1) is 10.6 Å². The number of rotatable bonds is 4. The Hall–Kier alpha value is -1.82. The third kappa shape index (κ3) is 4.82. The molecule has 1 atom stereocenters. The van der Waals surface area contributed by atoms with Crippen molar-refractivity contribution in [2.24, 2.45) is 0 Å². The van der Waals surface area contributed by atoms with Gasteiger partial charge in [0.1, 0.15) is 5.15 Å². The molecule has 0 unspecified atom stereocenters. The van der Waals surface area contributed by atoms with Crippen LogP contribution in [0.5, 0.6) is 0 Å². The first-order valence-electron chi connectivity index (χ1n) is 6.45. The number of anilines is 1. The Morgan fingerprint density at radius 2 is 1.96 bits per heavy atom. The average Bonchev–Trinajstić information content (AvgIpc) is 2.49. The van der Waals surface area contributed by atoms with Gasteiger partial charge < -0.3 is 10.1 Å². The molecule has 0 aliphatic heterocycles. The van der Waals surface area contributed by atoms with Crippen molar-refractivity contribution < 1.29 is 14.3 Å². The second kappa shape index (κ2) is 7.64. The topological polar surface area (TPSA) is 68.3 Å². The van der Waals surface area contributed by atoms with Crippen molar-refractivity contribution in [3.63, 3.8) is 0 Å². The minimum Gasteiger partial charge on any atom is -0.449 e. The fourth-order valence-corrected chi connectivity index (χ4v) is 2.09. The van der Waals surface area contributed by atoms with Gasteiger partial charge in [-0.2, -0.15) is 0 Å². The van der Waals surface area contributed by atoms with Crippen LogP contribution in [-0.2, 0) is 9.53 Å². The Morgan fingerprint density at radius 3 is 2.61 bits per heavy atom. The van der Waals surface area contributed by atoms with Crippen LogP contribution in [-0.4, -0.2) is 23.0 Å². The molecule has 0 fully saturated rings. The number of hydrogen-bond acceptors (Lipinski definition) is 4. The number of carbonyl (C=O) groups is 2. The Bertz CT molecular complexity index is 752. The van der Waals surface area contributed by atoms with Gasteiger partial charge in [-0.15, -0.1) is 0 Å². The van der Waals surface area contributed by atoms with Gasteiger partial charge in [-0.05, 0) is 31.2 Å². The monoisotopic (exact) mass is 372 g/mol. The van der Waals surface area contributed by atoms with Crippen molar-refractivity contribution in [1.29, 1.82) is 0 Å². The molecule has 23 heavy (non-hydrogen) atoms. The third-order valence-corrected chi connectivity index (χ3v) is 3.70. The number of aromatic nitrogens is 1. The first kappa shape index (κ1) is 17.5. The lowest BCUT2D eigenvalue weighted by atomic mass is 10.2. The molecule has 1 N–H and O–H groups in total. The molecule has 0 bridgehead atoms. The lowest BCUT2D eigenvalue weighted by molar-refractivity contribution is -0.123. The molecule has 0 saturated heterocycles. The van der Waals surface area contributed by atoms with Crippen LogP contribution in [0.1, 0.15) is 17.3 Å². The van der Waals surface area contributed by atoms with E-state index in [4.69, 9.17) is 39.5 Å². The van der Waals surface area contributed by atoms with Crippen molar-refractivity contribution >= 4 is 52.4 Å². The summed E-state index contributed by atoms with van der Waals surface area (Å²) in [6.07, 6.45) is 0.203. The van der Waals surface area contributed by atoms with E-state index in [0.29, 0.717) is 10.7 Å². The molecular formula is C15H11Cl3N2O3. The second-order valence-corrected chi connectivity index (χ2v) is 5.75. The molecule has 1 aromatic carbocycles. The van der Waals surface area contributed by atoms with Gasteiger partial charge in [0.15, 0.2) is 6.10 Å². The summed E-state index contributed by atoms with van der Waals surface area (Å²) < 4.78 is 5.07. The maximum atomic E-state index is 12.0. The number of hydrogen-bond donors (Lipinski definition) is 1. The van der Waals surface area contributed by atoms with Crippen molar-refractivity contribution in [2.45, 2.75) is 13.0 Å². The molecule has 120 valence electrons. The molecule has 0 saturated carbocycles. The molecule has 2 rings (SSSR count). The van der Waals surface area contributed by atoms with E-state index >= 15 is 0 Å². The Labute approximate surface area is 147 Å². The quantitative estimate of drug-likeness (QED) is 0.643. The Kier molecular flexibility index (Phi) is 5.82. The SMILES string of the molecule is C[C@H](OC(=O)c1cnc(Cl)c(Cl)c1)C(=O)Nc1cccc(Cl)c1. The molecule has 1 heterocycles. The zero-order chi connectivity index (χ0) is 17.0. The molecule has 0 aliphatic carbocycles. The van der Waals surface area contributed by atoms with E-state index in [9.17, 15) is 9.59 Å². The van der Waals surface area contributed by atoms with Crippen LogP contribution in [0.3, 0.4) is 0 Å². The highest BCUT2D eigenvalue weighted by Crippen LogP contribution is 2.20. The molecule has 0 aliphatic rings. The van der Waals surface area contributed by atoms with Crippen LogP contribution >= 0.6 is 34.8 Å². The number of benzene rings is 1. The van der Waals surface area contributed by atoms with E-state index in [-0.39, 0.29) is 15.7 Å². The van der Waals surface area contributed by atoms with E-state index in [1.165, 1.54) is 19.2 Å².